The third-order valence-corrected chi connectivity index (χ3v) is 3.71. The largest absolute Gasteiger partial charge is 0.493 e. The Labute approximate surface area is 114 Å². The van der Waals surface area contributed by atoms with E-state index in [-0.39, 0.29) is 0 Å². The molecule has 4 heteroatoms. The van der Waals surface area contributed by atoms with Gasteiger partial charge >= 0.3 is 0 Å². The Bertz CT molecular complexity index is 417. The Balaban J connectivity index is 1.49. The van der Waals surface area contributed by atoms with Crippen molar-refractivity contribution in [1.82, 2.24) is 5.32 Å². The highest BCUT2D eigenvalue weighted by molar-refractivity contribution is 5.51. The third kappa shape index (κ3) is 3.39. The Hall–Kier alpha value is -1.26. The van der Waals surface area contributed by atoms with E-state index in [0.717, 1.165) is 57.9 Å². The van der Waals surface area contributed by atoms with E-state index in [1.165, 1.54) is 11.3 Å². The quantitative estimate of drug-likeness (QED) is 0.868. The molecule has 0 bridgehead atoms. The lowest BCUT2D eigenvalue weighted by Crippen LogP contribution is -2.39. The van der Waals surface area contributed by atoms with Crippen LogP contribution in [0.5, 0.6) is 5.75 Å². The van der Waals surface area contributed by atoms with E-state index < -0.39 is 0 Å². The predicted molar refractivity (Wildman–Crippen MR) is 76.0 cm³/mol. The number of hydrogen-bond acceptors (Lipinski definition) is 4. The van der Waals surface area contributed by atoms with E-state index >= 15 is 0 Å². The Morgan fingerprint density at radius 1 is 1.32 bits per heavy atom. The summed E-state index contributed by atoms with van der Waals surface area (Å²) in [5.41, 5.74) is 2.51. The van der Waals surface area contributed by atoms with Crippen LogP contribution in [-0.2, 0) is 11.2 Å². The van der Waals surface area contributed by atoms with Gasteiger partial charge in [-0.05, 0) is 43.0 Å². The minimum Gasteiger partial charge on any atom is -0.493 e. The van der Waals surface area contributed by atoms with Crippen LogP contribution in [-0.4, -0.2) is 39.0 Å². The van der Waals surface area contributed by atoms with E-state index in [1.807, 2.05) is 0 Å². The van der Waals surface area contributed by atoms with E-state index in [4.69, 9.17) is 9.47 Å². The Morgan fingerprint density at radius 2 is 2.32 bits per heavy atom. The van der Waals surface area contributed by atoms with E-state index in [0.29, 0.717) is 6.10 Å². The van der Waals surface area contributed by atoms with E-state index in [2.05, 4.69) is 28.8 Å². The van der Waals surface area contributed by atoms with Gasteiger partial charge in [-0.2, -0.15) is 0 Å². The predicted octanol–water partition coefficient (Wildman–Crippen LogP) is 1.80. The summed E-state index contributed by atoms with van der Waals surface area (Å²) in [5, 5.41) is 6.83. The van der Waals surface area contributed by atoms with Gasteiger partial charge in [-0.25, -0.2) is 0 Å². The second-order valence-corrected chi connectivity index (χ2v) is 5.19. The first-order chi connectivity index (χ1) is 9.42. The van der Waals surface area contributed by atoms with Gasteiger partial charge in [-0.15, -0.1) is 0 Å². The maximum Gasteiger partial charge on any atom is 0.122 e. The van der Waals surface area contributed by atoms with Crippen molar-refractivity contribution in [3.8, 4) is 5.75 Å². The minimum atomic E-state index is 0.349. The molecular weight excluding hydrogens is 240 g/mol. The number of rotatable bonds is 4. The number of morpholine rings is 1. The molecule has 19 heavy (non-hydrogen) atoms. The van der Waals surface area contributed by atoms with Gasteiger partial charge in [0, 0.05) is 25.3 Å². The molecule has 2 N–H and O–H groups in total. The first-order valence-corrected chi connectivity index (χ1v) is 7.24. The molecule has 0 spiro atoms. The molecule has 1 aromatic carbocycles. The molecule has 0 radical (unpaired) electrons. The average molecular weight is 262 g/mol. The van der Waals surface area contributed by atoms with Crippen LogP contribution in [0.25, 0.3) is 0 Å². The molecule has 0 amide bonds. The molecule has 2 heterocycles. The average Bonchev–Trinajstić information content (AvgIpc) is 2.48. The van der Waals surface area contributed by atoms with Crippen molar-refractivity contribution in [2.45, 2.75) is 25.4 Å². The fourth-order valence-electron chi connectivity index (χ4n) is 2.65. The molecule has 0 saturated carbocycles. The molecule has 2 aliphatic rings. The second kappa shape index (κ2) is 6.26. The van der Waals surface area contributed by atoms with Crippen molar-refractivity contribution < 1.29 is 9.47 Å². The Kier molecular flexibility index (Phi) is 4.20. The van der Waals surface area contributed by atoms with Crippen molar-refractivity contribution in [2.24, 2.45) is 0 Å². The van der Waals surface area contributed by atoms with E-state index in [9.17, 15) is 0 Å². The molecule has 0 aromatic heterocycles. The number of anilines is 1. The number of hydrogen-bond donors (Lipinski definition) is 2. The van der Waals surface area contributed by atoms with E-state index in [1.54, 1.807) is 0 Å². The smallest absolute Gasteiger partial charge is 0.122 e. The number of nitrogens with one attached hydrogen (secondary N) is 2. The molecule has 1 aromatic rings. The first-order valence-electron chi connectivity index (χ1n) is 7.24. The summed E-state index contributed by atoms with van der Waals surface area (Å²) in [6.45, 7) is 4.59. The molecule has 3 rings (SSSR count). The van der Waals surface area contributed by atoms with Crippen LogP contribution in [0.4, 0.5) is 5.69 Å². The molecule has 1 atom stereocenters. The molecule has 1 saturated heterocycles. The van der Waals surface area contributed by atoms with Crippen LogP contribution < -0.4 is 15.4 Å². The van der Waals surface area contributed by atoms with Gasteiger partial charge in [0.15, 0.2) is 0 Å². The van der Waals surface area contributed by atoms with Gasteiger partial charge in [-0.1, -0.05) is 0 Å². The van der Waals surface area contributed by atoms with Crippen LogP contribution in [0.2, 0.25) is 0 Å². The maximum absolute atomic E-state index is 5.68. The zero-order chi connectivity index (χ0) is 12.9. The zero-order valence-electron chi connectivity index (χ0n) is 11.3. The van der Waals surface area contributed by atoms with Gasteiger partial charge in [0.05, 0.1) is 19.3 Å². The van der Waals surface area contributed by atoms with Gasteiger partial charge in [0.2, 0.25) is 0 Å². The fourth-order valence-corrected chi connectivity index (χ4v) is 2.65. The normalized spacial score (nSPS) is 22.4. The molecule has 1 unspecified atom stereocenters. The second-order valence-electron chi connectivity index (χ2n) is 5.19. The molecule has 4 nitrogen and oxygen atoms in total. The van der Waals surface area contributed by atoms with Crippen LogP contribution >= 0.6 is 0 Å². The standard InChI is InChI=1S/C15H22N2O2/c1-2-12-10-13(3-4-15(12)19-8-1)17-6-5-14-11-16-7-9-18-14/h3-4,10,14,16-17H,1-2,5-9,11H2. The highest BCUT2D eigenvalue weighted by Gasteiger charge is 2.13. The lowest BCUT2D eigenvalue weighted by Gasteiger charge is -2.24. The summed E-state index contributed by atoms with van der Waals surface area (Å²) < 4.78 is 11.3. The highest BCUT2D eigenvalue weighted by atomic mass is 16.5. The van der Waals surface area contributed by atoms with Gasteiger partial charge < -0.3 is 20.1 Å². The summed E-state index contributed by atoms with van der Waals surface area (Å²) in [4.78, 5) is 0. The SMILES string of the molecule is c1cc2c(cc1NCCC1CNCCO1)CCCO2. The molecule has 104 valence electrons. The number of fused-ring (bicyclic) bond motifs is 1. The highest BCUT2D eigenvalue weighted by Crippen LogP contribution is 2.27. The summed E-state index contributed by atoms with van der Waals surface area (Å²) >= 11 is 0. The number of aryl methyl sites for hydroxylation is 1. The van der Waals surface area contributed by atoms with Gasteiger partial charge in [0.1, 0.15) is 5.75 Å². The van der Waals surface area contributed by atoms with Crippen molar-refractivity contribution in [3.05, 3.63) is 23.8 Å². The number of ether oxygens (including phenoxy) is 2. The number of benzene rings is 1. The summed E-state index contributed by atoms with van der Waals surface area (Å²) in [6.07, 6.45) is 3.64. The Morgan fingerprint density at radius 3 is 3.21 bits per heavy atom. The van der Waals surface area contributed by atoms with Crippen molar-refractivity contribution in [2.75, 3.05) is 38.2 Å². The van der Waals surface area contributed by atoms with Gasteiger partial charge in [0.25, 0.3) is 0 Å². The molecule has 0 aliphatic carbocycles. The lowest BCUT2D eigenvalue weighted by atomic mass is 10.1. The van der Waals surface area contributed by atoms with Crippen molar-refractivity contribution >= 4 is 5.69 Å². The lowest BCUT2D eigenvalue weighted by molar-refractivity contribution is 0.0258. The first kappa shape index (κ1) is 12.8. The van der Waals surface area contributed by atoms with Crippen molar-refractivity contribution in [1.29, 1.82) is 0 Å². The van der Waals surface area contributed by atoms with Gasteiger partial charge in [-0.3, -0.25) is 0 Å². The molecule has 1 fully saturated rings. The van der Waals surface area contributed by atoms with Crippen LogP contribution in [0, 0.1) is 0 Å². The summed E-state index contributed by atoms with van der Waals surface area (Å²) in [7, 11) is 0. The molecule has 2 aliphatic heterocycles. The summed E-state index contributed by atoms with van der Waals surface area (Å²) in [5.74, 6) is 1.05. The fraction of sp³-hybridized carbons (Fsp3) is 0.600. The van der Waals surface area contributed by atoms with Crippen molar-refractivity contribution in [3.63, 3.8) is 0 Å². The van der Waals surface area contributed by atoms with Crippen LogP contribution in [0.15, 0.2) is 18.2 Å². The topological polar surface area (TPSA) is 42.5 Å². The zero-order valence-corrected chi connectivity index (χ0v) is 11.3. The third-order valence-electron chi connectivity index (χ3n) is 3.71. The summed E-state index contributed by atoms with van der Waals surface area (Å²) in [6, 6.07) is 6.40. The monoisotopic (exact) mass is 262 g/mol. The minimum absolute atomic E-state index is 0.349. The van der Waals surface area contributed by atoms with Crippen LogP contribution in [0.3, 0.4) is 0 Å². The molecular formula is C15H22N2O2. The maximum atomic E-state index is 5.68. The van der Waals surface area contributed by atoms with Crippen LogP contribution in [0.1, 0.15) is 18.4 Å².